The standard InChI is InChI=1S/C17H28ClN3/c1-5-19-13(2)15-6-7-17(16(18)10-15)21(4)12-14-8-9-20(3)11-14/h6-7,10,13-14,19H,5,8-9,11-12H2,1-4H3. The van der Waals surface area contributed by atoms with E-state index in [0.717, 1.165) is 29.7 Å². The van der Waals surface area contributed by atoms with Gasteiger partial charge in [-0.15, -0.1) is 0 Å². The van der Waals surface area contributed by atoms with Crippen LogP contribution in [0.15, 0.2) is 18.2 Å². The Bertz CT molecular complexity index is 463. The maximum absolute atomic E-state index is 6.50. The normalized spacial score (nSPS) is 20.7. The Morgan fingerprint density at radius 3 is 2.81 bits per heavy atom. The van der Waals surface area contributed by atoms with Gasteiger partial charge in [0.05, 0.1) is 10.7 Å². The average molecular weight is 310 g/mol. The van der Waals surface area contributed by atoms with Gasteiger partial charge in [0.1, 0.15) is 0 Å². The highest BCUT2D eigenvalue weighted by Crippen LogP contribution is 2.29. The Labute approximate surface area is 134 Å². The first kappa shape index (κ1) is 16.6. The van der Waals surface area contributed by atoms with E-state index < -0.39 is 0 Å². The fourth-order valence-corrected chi connectivity index (χ4v) is 3.52. The summed E-state index contributed by atoms with van der Waals surface area (Å²) in [6, 6.07) is 6.78. The van der Waals surface area contributed by atoms with E-state index in [9.17, 15) is 0 Å². The van der Waals surface area contributed by atoms with Crippen molar-refractivity contribution in [1.29, 1.82) is 0 Å². The van der Waals surface area contributed by atoms with Crippen LogP contribution in [0.2, 0.25) is 5.02 Å². The molecule has 2 atom stereocenters. The number of rotatable bonds is 6. The van der Waals surface area contributed by atoms with Gasteiger partial charge in [-0.3, -0.25) is 0 Å². The van der Waals surface area contributed by atoms with Crippen LogP contribution in [0.4, 0.5) is 5.69 Å². The molecule has 0 aliphatic carbocycles. The average Bonchev–Trinajstić information content (AvgIpc) is 2.84. The molecule has 0 saturated carbocycles. The predicted molar refractivity (Wildman–Crippen MR) is 92.4 cm³/mol. The zero-order chi connectivity index (χ0) is 15.4. The Morgan fingerprint density at radius 2 is 2.24 bits per heavy atom. The number of likely N-dealkylation sites (tertiary alicyclic amines) is 1. The number of halogens is 1. The predicted octanol–water partition coefficient (Wildman–Crippen LogP) is 3.40. The summed E-state index contributed by atoms with van der Waals surface area (Å²) in [5, 5.41) is 4.28. The Hall–Kier alpha value is -0.770. The fourth-order valence-electron chi connectivity index (χ4n) is 3.19. The zero-order valence-corrected chi connectivity index (χ0v) is 14.5. The van der Waals surface area contributed by atoms with E-state index in [0.29, 0.717) is 6.04 Å². The molecule has 21 heavy (non-hydrogen) atoms. The number of anilines is 1. The molecule has 3 nitrogen and oxygen atoms in total. The van der Waals surface area contributed by atoms with Gasteiger partial charge in [-0.2, -0.15) is 0 Å². The van der Waals surface area contributed by atoms with Gasteiger partial charge in [0, 0.05) is 26.2 Å². The lowest BCUT2D eigenvalue weighted by molar-refractivity contribution is 0.396. The van der Waals surface area contributed by atoms with Gasteiger partial charge in [0.2, 0.25) is 0 Å². The van der Waals surface area contributed by atoms with Gasteiger partial charge in [0.25, 0.3) is 0 Å². The lowest BCUT2D eigenvalue weighted by Crippen LogP contribution is -2.27. The lowest BCUT2D eigenvalue weighted by Gasteiger charge is -2.25. The van der Waals surface area contributed by atoms with Gasteiger partial charge in [0.15, 0.2) is 0 Å². The minimum atomic E-state index is 0.343. The van der Waals surface area contributed by atoms with E-state index >= 15 is 0 Å². The van der Waals surface area contributed by atoms with E-state index in [4.69, 9.17) is 11.6 Å². The van der Waals surface area contributed by atoms with Crippen molar-refractivity contribution in [1.82, 2.24) is 10.2 Å². The number of benzene rings is 1. The molecule has 1 heterocycles. The van der Waals surface area contributed by atoms with E-state index in [1.807, 2.05) is 0 Å². The quantitative estimate of drug-likeness (QED) is 0.869. The topological polar surface area (TPSA) is 18.5 Å². The summed E-state index contributed by atoms with van der Waals surface area (Å²) in [5.74, 6) is 0.747. The largest absolute Gasteiger partial charge is 0.373 e. The van der Waals surface area contributed by atoms with Gasteiger partial charge < -0.3 is 15.1 Å². The molecule has 0 amide bonds. The van der Waals surface area contributed by atoms with Gasteiger partial charge >= 0.3 is 0 Å². The first-order valence-corrected chi connectivity index (χ1v) is 8.31. The van der Waals surface area contributed by atoms with E-state index in [2.05, 4.69) is 61.3 Å². The number of nitrogens with one attached hydrogen (secondary N) is 1. The second kappa shape index (κ2) is 7.48. The molecule has 2 rings (SSSR count). The van der Waals surface area contributed by atoms with E-state index in [-0.39, 0.29) is 0 Å². The summed E-state index contributed by atoms with van der Waals surface area (Å²) in [6.07, 6.45) is 1.29. The number of hydrogen-bond donors (Lipinski definition) is 1. The van der Waals surface area contributed by atoms with Crippen molar-refractivity contribution in [3.63, 3.8) is 0 Å². The SMILES string of the molecule is CCNC(C)c1ccc(N(C)CC2CCN(C)C2)c(Cl)c1. The summed E-state index contributed by atoms with van der Waals surface area (Å²) in [5.41, 5.74) is 2.39. The molecule has 1 aliphatic rings. The molecule has 0 radical (unpaired) electrons. The molecular weight excluding hydrogens is 282 g/mol. The van der Waals surface area contributed by atoms with Crippen LogP contribution in [0.3, 0.4) is 0 Å². The minimum Gasteiger partial charge on any atom is -0.373 e. The van der Waals surface area contributed by atoms with Crippen LogP contribution in [0.5, 0.6) is 0 Å². The third-order valence-electron chi connectivity index (χ3n) is 4.41. The van der Waals surface area contributed by atoms with Crippen molar-refractivity contribution in [2.24, 2.45) is 5.92 Å². The van der Waals surface area contributed by atoms with Crippen LogP contribution >= 0.6 is 11.6 Å². The molecule has 1 N–H and O–H groups in total. The first-order chi connectivity index (χ1) is 10.0. The van der Waals surface area contributed by atoms with Crippen LogP contribution in [0.25, 0.3) is 0 Å². The summed E-state index contributed by atoms with van der Waals surface area (Å²) >= 11 is 6.50. The Kier molecular flexibility index (Phi) is 5.91. The van der Waals surface area contributed by atoms with Gasteiger partial charge in [-0.05, 0) is 57.1 Å². The summed E-state index contributed by atoms with van der Waals surface area (Å²) in [4.78, 5) is 4.70. The van der Waals surface area contributed by atoms with E-state index in [1.165, 1.54) is 25.1 Å². The summed E-state index contributed by atoms with van der Waals surface area (Å²) in [7, 11) is 4.34. The molecule has 1 fully saturated rings. The maximum atomic E-state index is 6.50. The second-order valence-electron chi connectivity index (χ2n) is 6.29. The molecule has 0 aromatic heterocycles. The monoisotopic (exact) mass is 309 g/mol. The van der Waals surface area contributed by atoms with Crippen molar-refractivity contribution < 1.29 is 0 Å². The third-order valence-corrected chi connectivity index (χ3v) is 4.72. The highest BCUT2D eigenvalue weighted by Gasteiger charge is 2.21. The molecular formula is C17H28ClN3. The minimum absolute atomic E-state index is 0.343. The van der Waals surface area contributed by atoms with Crippen LogP contribution < -0.4 is 10.2 Å². The smallest absolute Gasteiger partial charge is 0.0642 e. The van der Waals surface area contributed by atoms with Gasteiger partial charge in [-0.1, -0.05) is 24.6 Å². The third kappa shape index (κ3) is 4.35. The number of hydrogen-bond acceptors (Lipinski definition) is 3. The molecule has 118 valence electrons. The lowest BCUT2D eigenvalue weighted by atomic mass is 10.1. The molecule has 1 aromatic rings. The Morgan fingerprint density at radius 1 is 1.48 bits per heavy atom. The highest BCUT2D eigenvalue weighted by molar-refractivity contribution is 6.33. The van der Waals surface area contributed by atoms with Crippen LogP contribution in [-0.4, -0.2) is 45.2 Å². The van der Waals surface area contributed by atoms with Crippen molar-refractivity contribution in [3.8, 4) is 0 Å². The first-order valence-electron chi connectivity index (χ1n) is 7.93. The molecule has 0 bridgehead atoms. The molecule has 0 spiro atoms. The second-order valence-corrected chi connectivity index (χ2v) is 6.69. The van der Waals surface area contributed by atoms with Crippen molar-refractivity contribution >= 4 is 17.3 Å². The van der Waals surface area contributed by atoms with Crippen LogP contribution in [0.1, 0.15) is 31.9 Å². The summed E-state index contributed by atoms with van der Waals surface area (Å²) < 4.78 is 0. The van der Waals surface area contributed by atoms with Crippen LogP contribution in [0, 0.1) is 5.92 Å². The van der Waals surface area contributed by atoms with Crippen molar-refractivity contribution in [2.45, 2.75) is 26.3 Å². The molecule has 2 unspecified atom stereocenters. The van der Waals surface area contributed by atoms with Gasteiger partial charge in [-0.25, -0.2) is 0 Å². The van der Waals surface area contributed by atoms with Crippen LogP contribution in [-0.2, 0) is 0 Å². The van der Waals surface area contributed by atoms with E-state index in [1.54, 1.807) is 0 Å². The summed E-state index contributed by atoms with van der Waals surface area (Å²) in [6.45, 7) is 8.75. The molecule has 1 saturated heterocycles. The molecule has 4 heteroatoms. The molecule has 1 aromatic carbocycles. The zero-order valence-electron chi connectivity index (χ0n) is 13.7. The maximum Gasteiger partial charge on any atom is 0.0642 e. The Balaban J connectivity index is 2.02. The van der Waals surface area contributed by atoms with Crippen molar-refractivity contribution in [2.75, 3.05) is 45.2 Å². The van der Waals surface area contributed by atoms with Crippen molar-refractivity contribution in [3.05, 3.63) is 28.8 Å². The highest BCUT2D eigenvalue weighted by atomic mass is 35.5. The fraction of sp³-hybridized carbons (Fsp3) is 0.647. The number of nitrogens with zero attached hydrogens (tertiary/aromatic N) is 2. The molecule has 1 aliphatic heterocycles.